The highest BCUT2D eigenvalue weighted by molar-refractivity contribution is 7.98. The van der Waals surface area contributed by atoms with Crippen LogP contribution in [0.2, 0.25) is 0 Å². The molecule has 0 aromatic heterocycles. The highest BCUT2D eigenvalue weighted by Gasteiger charge is 2.34. The molecule has 106 valence electrons. The van der Waals surface area contributed by atoms with Crippen molar-refractivity contribution < 1.29 is 4.79 Å². The third kappa shape index (κ3) is 4.81. The predicted molar refractivity (Wildman–Crippen MR) is 79.9 cm³/mol. The Balaban J connectivity index is 2.25. The van der Waals surface area contributed by atoms with Crippen molar-refractivity contribution in [1.82, 2.24) is 10.2 Å². The van der Waals surface area contributed by atoms with Gasteiger partial charge in [0.2, 0.25) is 5.91 Å². The summed E-state index contributed by atoms with van der Waals surface area (Å²) in [6, 6.07) is 0.0751. The first kappa shape index (κ1) is 15.8. The molecule has 1 amide bonds. The summed E-state index contributed by atoms with van der Waals surface area (Å²) >= 11 is 1.90. The summed E-state index contributed by atoms with van der Waals surface area (Å²) in [7, 11) is 0. The first-order valence-corrected chi connectivity index (χ1v) is 8.65. The van der Waals surface area contributed by atoms with E-state index in [0.717, 1.165) is 32.2 Å². The second-order valence-electron chi connectivity index (χ2n) is 5.12. The molecule has 1 N–H and O–H groups in total. The first-order chi connectivity index (χ1) is 8.70. The molecule has 0 bridgehead atoms. The second kappa shape index (κ2) is 8.81. The number of hydrogen-bond acceptors (Lipinski definition) is 3. The fourth-order valence-electron chi connectivity index (χ4n) is 2.47. The van der Waals surface area contributed by atoms with Gasteiger partial charge in [0.25, 0.3) is 0 Å². The minimum atomic E-state index is 0.0751. The van der Waals surface area contributed by atoms with Crippen LogP contribution in [-0.2, 0) is 4.79 Å². The van der Waals surface area contributed by atoms with Crippen LogP contribution in [0.3, 0.4) is 0 Å². The van der Waals surface area contributed by atoms with E-state index < -0.39 is 0 Å². The highest BCUT2D eigenvalue weighted by Crippen LogP contribution is 2.16. The molecule has 1 saturated heterocycles. The van der Waals surface area contributed by atoms with Gasteiger partial charge in [0.15, 0.2) is 0 Å². The van der Waals surface area contributed by atoms with Crippen LogP contribution in [-0.4, -0.2) is 41.6 Å². The molecule has 0 radical (unpaired) electrons. The molecule has 3 nitrogen and oxygen atoms in total. The number of rotatable bonds is 9. The number of nitrogens with one attached hydrogen (secondary N) is 1. The van der Waals surface area contributed by atoms with Crippen LogP contribution < -0.4 is 5.32 Å². The van der Waals surface area contributed by atoms with Gasteiger partial charge < -0.3 is 4.90 Å². The SMILES string of the molecule is CCCCC1NC(C)N(CCCCCSC)C1=O. The van der Waals surface area contributed by atoms with E-state index in [1.165, 1.54) is 18.6 Å². The molecule has 1 rings (SSSR count). The Morgan fingerprint density at radius 1 is 1.28 bits per heavy atom. The Morgan fingerprint density at radius 2 is 2.06 bits per heavy atom. The van der Waals surface area contributed by atoms with Gasteiger partial charge in [0, 0.05) is 6.54 Å². The maximum absolute atomic E-state index is 12.2. The van der Waals surface area contributed by atoms with Crippen LogP contribution in [0.4, 0.5) is 0 Å². The lowest BCUT2D eigenvalue weighted by Crippen LogP contribution is -2.35. The molecule has 1 fully saturated rings. The molecule has 0 saturated carbocycles. The Morgan fingerprint density at radius 3 is 2.72 bits per heavy atom. The topological polar surface area (TPSA) is 32.3 Å². The smallest absolute Gasteiger partial charge is 0.241 e. The van der Waals surface area contributed by atoms with E-state index >= 15 is 0 Å². The Bertz CT molecular complexity index is 248. The number of carbonyl (C=O) groups excluding carboxylic acids is 1. The van der Waals surface area contributed by atoms with Gasteiger partial charge >= 0.3 is 0 Å². The second-order valence-corrected chi connectivity index (χ2v) is 6.11. The zero-order chi connectivity index (χ0) is 13.4. The average Bonchev–Trinajstić information content (AvgIpc) is 2.63. The Kier molecular flexibility index (Phi) is 7.75. The van der Waals surface area contributed by atoms with Crippen LogP contribution in [0.25, 0.3) is 0 Å². The first-order valence-electron chi connectivity index (χ1n) is 7.26. The van der Waals surface area contributed by atoms with Crippen molar-refractivity contribution in [1.29, 1.82) is 0 Å². The fraction of sp³-hybridized carbons (Fsp3) is 0.929. The van der Waals surface area contributed by atoms with Gasteiger partial charge in [-0.2, -0.15) is 11.8 Å². The van der Waals surface area contributed by atoms with E-state index in [9.17, 15) is 4.79 Å². The monoisotopic (exact) mass is 272 g/mol. The molecule has 0 spiro atoms. The lowest BCUT2D eigenvalue weighted by molar-refractivity contribution is -0.130. The molecule has 0 aromatic carbocycles. The van der Waals surface area contributed by atoms with E-state index in [1.54, 1.807) is 0 Å². The molecule has 1 aliphatic heterocycles. The standard InChI is InChI=1S/C14H28N2OS/c1-4-5-9-13-14(17)16(12(2)15-13)10-7-6-8-11-18-3/h12-13,15H,4-11H2,1-3H3. The van der Waals surface area contributed by atoms with E-state index in [-0.39, 0.29) is 12.2 Å². The number of thioether (sulfide) groups is 1. The summed E-state index contributed by atoms with van der Waals surface area (Å²) in [5, 5.41) is 3.41. The van der Waals surface area contributed by atoms with Gasteiger partial charge in [-0.3, -0.25) is 10.1 Å². The zero-order valence-corrected chi connectivity index (χ0v) is 12.9. The van der Waals surface area contributed by atoms with E-state index in [0.29, 0.717) is 5.91 Å². The number of unbranched alkanes of at least 4 members (excludes halogenated alkanes) is 3. The third-order valence-corrected chi connectivity index (χ3v) is 4.28. The van der Waals surface area contributed by atoms with Crippen LogP contribution in [0.15, 0.2) is 0 Å². The minimum Gasteiger partial charge on any atom is -0.326 e. The van der Waals surface area contributed by atoms with Crippen molar-refractivity contribution >= 4 is 17.7 Å². The molecular weight excluding hydrogens is 244 g/mol. The largest absolute Gasteiger partial charge is 0.326 e. The summed E-state index contributed by atoms with van der Waals surface area (Å²) in [5.74, 6) is 1.56. The highest BCUT2D eigenvalue weighted by atomic mass is 32.2. The molecular formula is C14H28N2OS. The molecule has 0 aromatic rings. The lowest BCUT2D eigenvalue weighted by atomic mass is 10.1. The van der Waals surface area contributed by atoms with Gasteiger partial charge in [-0.1, -0.05) is 26.2 Å². The molecule has 1 aliphatic rings. The van der Waals surface area contributed by atoms with Gasteiger partial charge in [-0.05, 0) is 38.2 Å². The molecule has 2 unspecified atom stereocenters. The van der Waals surface area contributed by atoms with Crippen molar-refractivity contribution in [2.45, 2.75) is 64.6 Å². The molecule has 18 heavy (non-hydrogen) atoms. The summed E-state index contributed by atoms with van der Waals surface area (Å²) < 4.78 is 0. The maximum Gasteiger partial charge on any atom is 0.241 e. The van der Waals surface area contributed by atoms with E-state index in [1.807, 2.05) is 16.7 Å². The summed E-state index contributed by atoms with van der Waals surface area (Å²) in [6.45, 7) is 5.20. The van der Waals surface area contributed by atoms with Crippen molar-refractivity contribution in [3.8, 4) is 0 Å². The average molecular weight is 272 g/mol. The van der Waals surface area contributed by atoms with E-state index in [2.05, 4.69) is 25.4 Å². The Labute approximate surface area is 116 Å². The number of nitrogens with zero attached hydrogens (tertiary/aromatic N) is 1. The van der Waals surface area contributed by atoms with Crippen LogP contribution >= 0.6 is 11.8 Å². The summed E-state index contributed by atoms with van der Waals surface area (Å²) in [5.41, 5.74) is 0. The number of carbonyl (C=O) groups is 1. The van der Waals surface area contributed by atoms with Crippen LogP contribution in [0.5, 0.6) is 0 Å². The van der Waals surface area contributed by atoms with Gasteiger partial charge in [0.05, 0.1) is 12.2 Å². The van der Waals surface area contributed by atoms with Crippen LogP contribution in [0, 0.1) is 0 Å². The van der Waals surface area contributed by atoms with Crippen molar-refractivity contribution in [2.75, 3.05) is 18.6 Å². The van der Waals surface area contributed by atoms with Gasteiger partial charge in [0.1, 0.15) is 0 Å². The number of amides is 1. The fourth-order valence-corrected chi connectivity index (χ4v) is 2.96. The van der Waals surface area contributed by atoms with Gasteiger partial charge in [-0.25, -0.2) is 0 Å². The lowest BCUT2D eigenvalue weighted by Gasteiger charge is -2.20. The minimum absolute atomic E-state index is 0.0751. The summed E-state index contributed by atoms with van der Waals surface area (Å²) in [6.07, 6.45) is 9.29. The third-order valence-electron chi connectivity index (χ3n) is 3.58. The molecule has 4 heteroatoms. The van der Waals surface area contributed by atoms with Gasteiger partial charge in [-0.15, -0.1) is 0 Å². The number of hydrogen-bond donors (Lipinski definition) is 1. The maximum atomic E-state index is 12.2. The zero-order valence-electron chi connectivity index (χ0n) is 12.1. The van der Waals surface area contributed by atoms with Crippen molar-refractivity contribution in [2.24, 2.45) is 0 Å². The van der Waals surface area contributed by atoms with E-state index in [4.69, 9.17) is 0 Å². The molecule has 0 aliphatic carbocycles. The molecule has 2 atom stereocenters. The quantitative estimate of drug-likeness (QED) is 0.655. The Hall–Kier alpha value is -0.220. The normalized spacial score (nSPS) is 23.9. The predicted octanol–water partition coefficient (Wildman–Crippen LogP) is 2.86. The summed E-state index contributed by atoms with van der Waals surface area (Å²) in [4.78, 5) is 14.2. The molecule has 1 heterocycles. The van der Waals surface area contributed by atoms with Crippen LogP contribution in [0.1, 0.15) is 52.4 Å². The van der Waals surface area contributed by atoms with Crippen molar-refractivity contribution in [3.05, 3.63) is 0 Å². The van der Waals surface area contributed by atoms with Crippen molar-refractivity contribution in [3.63, 3.8) is 0 Å².